The predicted octanol–water partition coefficient (Wildman–Crippen LogP) is 2.93. The van der Waals surface area contributed by atoms with Crippen molar-refractivity contribution in [1.82, 2.24) is 4.90 Å². The van der Waals surface area contributed by atoms with Gasteiger partial charge in [0.15, 0.2) is 0 Å². The summed E-state index contributed by atoms with van der Waals surface area (Å²) in [7, 11) is 1.60. The molecule has 1 amide bonds. The van der Waals surface area contributed by atoms with Crippen LogP contribution in [0.4, 0.5) is 0 Å². The SMILES string of the molecule is COc1ccc(COC(=O)C2=CC(C)S[C@@H]3CC(=O)N23)cc1.I. The second kappa shape index (κ2) is 7.57. The Labute approximate surface area is 156 Å². The molecule has 0 aromatic heterocycles. The molecule has 2 atom stereocenters. The molecule has 1 aromatic carbocycles. The van der Waals surface area contributed by atoms with Crippen LogP contribution in [-0.2, 0) is 20.9 Å². The van der Waals surface area contributed by atoms with Crippen molar-refractivity contribution < 1.29 is 19.1 Å². The lowest BCUT2D eigenvalue weighted by Gasteiger charge is -2.44. The smallest absolute Gasteiger partial charge is 0.355 e. The highest BCUT2D eigenvalue weighted by Crippen LogP contribution is 2.40. The van der Waals surface area contributed by atoms with Crippen molar-refractivity contribution in [2.24, 2.45) is 0 Å². The van der Waals surface area contributed by atoms with Crippen molar-refractivity contribution in [2.45, 2.75) is 30.6 Å². The van der Waals surface area contributed by atoms with Gasteiger partial charge in [0.1, 0.15) is 18.1 Å². The third-order valence-electron chi connectivity index (χ3n) is 3.67. The molecule has 2 aliphatic rings. The first kappa shape index (κ1) is 18.1. The maximum absolute atomic E-state index is 12.3. The van der Waals surface area contributed by atoms with Crippen LogP contribution in [0.25, 0.3) is 0 Å². The van der Waals surface area contributed by atoms with Gasteiger partial charge >= 0.3 is 5.97 Å². The molecule has 2 heterocycles. The maximum Gasteiger partial charge on any atom is 0.355 e. The highest BCUT2D eigenvalue weighted by molar-refractivity contribution is 14.0. The van der Waals surface area contributed by atoms with Crippen LogP contribution in [0, 0.1) is 0 Å². The number of ether oxygens (including phenoxy) is 2. The first-order chi connectivity index (χ1) is 10.6. The number of hydrogen-bond donors (Lipinski definition) is 0. The zero-order valence-electron chi connectivity index (χ0n) is 12.9. The average Bonchev–Trinajstić information content (AvgIpc) is 2.51. The van der Waals surface area contributed by atoms with E-state index < -0.39 is 5.97 Å². The summed E-state index contributed by atoms with van der Waals surface area (Å²) in [5.41, 5.74) is 1.25. The molecule has 3 rings (SSSR count). The lowest BCUT2D eigenvalue weighted by molar-refractivity contribution is -0.150. The number of amides is 1. The summed E-state index contributed by atoms with van der Waals surface area (Å²) in [5, 5.41) is 0.286. The molecule has 23 heavy (non-hydrogen) atoms. The Bertz CT molecular complexity index is 631. The van der Waals surface area contributed by atoms with Gasteiger partial charge in [-0.25, -0.2) is 4.79 Å². The summed E-state index contributed by atoms with van der Waals surface area (Å²) in [6, 6.07) is 7.32. The first-order valence-corrected chi connectivity index (χ1v) is 8.02. The third-order valence-corrected chi connectivity index (χ3v) is 4.92. The fraction of sp³-hybridized carbons (Fsp3) is 0.375. The molecular formula is C16H18INO4S. The van der Waals surface area contributed by atoms with E-state index in [1.807, 2.05) is 31.2 Å². The normalized spacial score (nSPS) is 22.3. The fourth-order valence-corrected chi connectivity index (χ4v) is 3.78. The number of esters is 1. The van der Waals surface area contributed by atoms with Crippen LogP contribution in [-0.4, -0.2) is 34.5 Å². The summed E-state index contributed by atoms with van der Waals surface area (Å²) in [4.78, 5) is 25.5. The van der Waals surface area contributed by atoms with E-state index in [1.54, 1.807) is 29.8 Å². The Hall–Kier alpha value is -1.22. The van der Waals surface area contributed by atoms with Crippen LogP contribution in [0.5, 0.6) is 5.75 Å². The minimum absolute atomic E-state index is 0. The van der Waals surface area contributed by atoms with Crippen LogP contribution < -0.4 is 4.74 Å². The highest BCUT2D eigenvalue weighted by atomic mass is 127. The molecule has 0 N–H and O–H groups in total. The van der Waals surface area contributed by atoms with E-state index in [-0.39, 0.29) is 47.1 Å². The monoisotopic (exact) mass is 447 g/mol. The number of carbonyl (C=O) groups is 2. The Morgan fingerprint density at radius 3 is 2.65 bits per heavy atom. The van der Waals surface area contributed by atoms with Crippen LogP contribution >= 0.6 is 35.7 Å². The molecule has 0 radical (unpaired) electrons. The molecule has 7 heteroatoms. The Kier molecular flexibility index (Phi) is 5.96. The van der Waals surface area contributed by atoms with Crippen molar-refractivity contribution in [2.75, 3.05) is 7.11 Å². The summed E-state index contributed by atoms with van der Waals surface area (Å²) < 4.78 is 10.4. The van der Waals surface area contributed by atoms with Gasteiger partial charge in [0.25, 0.3) is 0 Å². The van der Waals surface area contributed by atoms with Crippen LogP contribution in [0.2, 0.25) is 0 Å². The van der Waals surface area contributed by atoms with Gasteiger partial charge in [0.2, 0.25) is 5.91 Å². The molecule has 5 nitrogen and oxygen atoms in total. The summed E-state index contributed by atoms with van der Waals surface area (Å²) >= 11 is 1.69. The quantitative estimate of drug-likeness (QED) is 0.404. The molecule has 1 fully saturated rings. The molecule has 0 saturated carbocycles. The van der Waals surface area contributed by atoms with Gasteiger partial charge in [0, 0.05) is 5.25 Å². The number of carbonyl (C=O) groups excluding carboxylic acids is 2. The number of hydrogen-bond acceptors (Lipinski definition) is 5. The molecule has 0 aliphatic carbocycles. The molecule has 124 valence electrons. The standard InChI is InChI=1S/C16H17NO4S.HI/c1-10-7-13(17-14(18)8-15(17)22-10)16(19)21-9-11-3-5-12(20-2)6-4-11;/h3-7,10,15H,8-9H2,1-2H3;1H/t10?,15-;/m1./s1. The number of fused-ring (bicyclic) bond motifs is 1. The van der Waals surface area contributed by atoms with Crippen LogP contribution in [0.3, 0.4) is 0 Å². The minimum Gasteiger partial charge on any atom is -0.497 e. The third kappa shape index (κ3) is 3.82. The van der Waals surface area contributed by atoms with E-state index in [4.69, 9.17) is 9.47 Å². The summed E-state index contributed by atoms with van der Waals surface area (Å²) in [5.74, 6) is 0.294. The number of β-lactam (4-membered cyclic amide) rings is 1. The highest BCUT2D eigenvalue weighted by Gasteiger charge is 2.44. The molecule has 1 aromatic rings. The lowest BCUT2D eigenvalue weighted by atomic mass is 10.1. The predicted molar refractivity (Wildman–Crippen MR) is 98.6 cm³/mol. The zero-order valence-corrected chi connectivity index (χ0v) is 16.0. The van der Waals surface area contributed by atoms with Crippen molar-refractivity contribution in [1.29, 1.82) is 0 Å². The largest absolute Gasteiger partial charge is 0.497 e. The number of rotatable bonds is 4. The van der Waals surface area contributed by atoms with Crippen molar-refractivity contribution >= 4 is 47.6 Å². The number of halogens is 1. The maximum atomic E-state index is 12.3. The number of methoxy groups -OCH3 is 1. The van der Waals surface area contributed by atoms with E-state index in [1.165, 1.54) is 0 Å². The topological polar surface area (TPSA) is 55.8 Å². The van der Waals surface area contributed by atoms with Crippen molar-refractivity contribution in [3.05, 3.63) is 41.6 Å². The average molecular weight is 447 g/mol. The Morgan fingerprint density at radius 1 is 1.35 bits per heavy atom. The molecular weight excluding hydrogens is 429 g/mol. The van der Waals surface area contributed by atoms with Gasteiger partial charge in [-0.1, -0.05) is 12.1 Å². The van der Waals surface area contributed by atoms with E-state index in [2.05, 4.69) is 0 Å². The molecule has 0 spiro atoms. The second-order valence-electron chi connectivity index (χ2n) is 5.24. The molecule has 1 saturated heterocycles. The van der Waals surface area contributed by atoms with Gasteiger partial charge in [-0.15, -0.1) is 35.7 Å². The number of benzene rings is 1. The van der Waals surface area contributed by atoms with Crippen molar-refractivity contribution in [3.8, 4) is 5.75 Å². The molecule has 0 bridgehead atoms. The van der Waals surface area contributed by atoms with E-state index in [0.717, 1.165) is 11.3 Å². The van der Waals surface area contributed by atoms with Gasteiger partial charge in [-0.05, 0) is 30.7 Å². The first-order valence-electron chi connectivity index (χ1n) is 7.08. The molecule has 2 aliphatic heterocycles. The van der Waals surface area contributed by atoms with Crippen LogP contribution in [0.15, 0.2) is 36.0 Å². The lowest BCUT2D eigenvalue weighted by Crippen LogP contribution is -2.54. The van der Waals surface area contributed by atoms with E-state index >= 15 is 0 Å². The minimum atomic E-state index is -0.444. The van der Waals surface area contributed by atoms with Gasteiger partial charge in [-0.3, -0.25) is 9.69 Å². The van der Waals surface area contributed by atoms with Crippen molar-refractivity contribution in [3.63, 3.8) is 0 Å². The summed E-state index contributed by atoms with van der Waals surface area (Å²) in [6.07, 6.45) is 2.30. The summed E-state index contributed by atoms with van der Waals surface area (Å²) in [6.45, 7) is 2.19. The number of thioether (sulfide) groups is 1. The molecule has 1 unspecified atom stereocenters. The van der Waals surface area contributed by atoms with Gasteiger partial charge in [-0.2, -0.15) is 0 Å². The van der Waals surface area contributed by atoms with Gasteiger partial charge < -0.3 is 9.47 Å². The van der Waals surface area contributed by atoms with Crippen LogP contribution in [0.1, 0.15) is 18.9 Å². The Morgan fingerprint density at radius 2 is 2.04 bits per heavy atom. The zero-order chi connectivity index (χ0) is 15.7. The Balaban J connectivity index is 0.00000192. The number of nitrogens with zero attached hydrogens (tertiary/aromatic N) is 1. The fourth-order valence-electron chi connectivity index (χ4n) is 2.49. The van der Waals surface area contributed by atoms with Gasteiger partial charge in [0.05, 0.1) is 18.9 Å². The second-order valence-corrected chi connectivity index (χ2v) is 6.80. The van der Waals surface area contributed by atoms with E-state index in [9.17, 15) is 9.59 Å². The van der Waals surface area contributed by atoms with E-state index in [0.29, 0.717) is 12.1 Å².